The molecule has 20 heavy (non-hydrogen) atoms. The quantitative estimate of drug-likeness (QED) is 0.787. The molecule has 1 rings (SSSR count). The Morgan fingerprint density at radius 3 is 2.40 bits per heavy atom. The van der Waals surface area contributed by atoms with E-state index in [-0.39, 0.29) is 6.61 Å². The van der Waals surface area contributed by atoms with Gasteiger partial charge >= 0.3 is 0 Å². The van der Waals surface area contributed by atoms with Crippen molar-refractivity contribution in [2.45, 2.75) is 46.5 Å². The van der Waals surface area contributed by atoms with E-state index in [2.05, 4.69) is 23.2 Å². The molecule has 1 N–H and O–H groups in total. The molecule has 0 aliphatic rings. The number of hydrogen-bond acceptors (Lipinski definition) is 5. The van der Waals surface area contributed by atoms with Gasteiger partial charge in [0.2, 0.25) is 0 Å². The number of nitriles is 1. The van der Waals surface area contributed by atoms with Crippen molar-refractivity contribution in [3.05, 3.63) is 16.8 Å². The van der Waals surface area contributed by atoms with Crippen molar-refractivity contribution < 1.29 is 5.11 Å². The van der Waals surface area contributed by atoms with Gasteiger partial charge in [-0.05, 0) is 24.8 Å². The number of aryl methyl sites for hydroxylation is 1. The van der Waals surface area contributed by atoms with E-state index in [9.17, 15) is 10.4 Å². The Labute approximate surface area is 121 Å². The van der Waals surface area contributed by atoms with E-state index in [1.807, 2.05) is 18.7 Å². The van der Waals surface area contributed by atoms with E-state index in [0.717, 1.165) is 43.5 Å². The number of aliphatic hydroxyl groups is 1. The maximum Gasteiger partial charge on any atom is 0.169 e. The van der Waals surface area contributed by atoms with Crippen LogP contribution in [0.3, 0.4) is 0 Å². The SMILES string of the molecule is CCCCN(CCO)c1nnc(CC)c(CC)c1C#N. The van der Waals surface area contributed by atoms with Crippen LogP contribution in [0.2, 0.25) is 0 Å². The lowest BCUT2D eigenvalue weighted by atomic mass is 10.0. The molecule has 0 unspecified atom stereocenters. The highest BCUT2D eigenvalue weighted by Gasteiger charge is 2.18. The highest BCUT2D eigenvalue weighted by atomic mass is 16.3. The van der Waals surface area contributed by atoms with Crippen LogP contribution < -0.4 is 4.90 Å². The summed E-state index contributed by atoms with van der Waals surface area (Å²) in [5.41, 5.74) is 2.50. The third kappa shape index (κ3) is 3.67. The Kier molecular flexibility index (Phi) is 6.96. The molecule has 0 fully saturated rings. The second kappa shape index (κ2) is 8.49. The minimum absolute atomic E-state index is 0.0489. The van der Waals surface area contributed by atoms with Gasteiger partial charge in [-0.3, -0.25) is 0 Å². The second-order valence-electron chi connectivity index (χ2n) is 4.71. The van der Waals surface area contributed by atoms with Crippen LogP contribution in [0, 0.1) is 11.3 Å². The predicted octanol–water partition coefficient (Wildman–Crippen LogP) is 2.07. The van der Waals surface area contributed by atoms with Gasteiger partial charge in [0.15, 0.2) is 5.82 Å². The minimum Gasteiger partial charge on any atom is -0.395 e. The van der Waals surface area contributed by atoms with Crippen LogP contribution in [0.1, 0.15) is 50.4 Å². The summed E-state index contributed by atoms with van der Waals surface area (Å²) in [7, 11) is 0. The molecule has 5 heteroatoms. The molecule has 0 aliphatic carbocycles. The first-order valence-corrected chi connectivity index (χ1v) is 7.37. The number of aromatic nitrogens is 2. The number of unbranched alkanes of at least 4 members (excludes halogenated alkanes) is 1. The first-order valence-electron chi connectivity index (χ1n) is 7.37. The van der Waals surface area contributed by atoms with Crippen molar-refractivity contribution >= 4 is 5.82 Å². The fourth-order valence-electron chi connectivity index (χ4n) is 2.29. The van der Waals surface area contributed by atoms with Crippen LogP contribution in [0.5, 0.6) is 0 Å². The van der Waals surface area contributed by atoms with Gasteiger partial charge in [0, 0.05) is 13.1 Å². The molecule has 0 amide bonds. The normalized spacial score (nSPS) is 10.3. The van der Waals surface area contributed by atoms with E-state index in [4.69, 9.17) is 0 Å². The number of anilines is 1. The predicted molar refractivity (Wildman–Crippen MR) is 79.7 cm³/mol. The zero-order chi connectivity index (χ0) is 15.0. The lowest BCUT2D eigenvalue weighted by molar-refractivity contribution is 0.301. The summed E-state index contributed by atoms with van der Waals surface area (Å²) in [6.45, 7) is 7.49. The number of aliphatic hydroxyl groups excluding tert-OH is 1. The van der Waals surface area contributed by atoms with Crippen molar-refractivity contribution in [3.8, 4) is 6.07 Å². The Morgan fingerprint density at radius 1 is 1.15 bits per heavy atom. The minimum atomic E-state index is 0.0489. The summed E-state index contributed by atoms with van der Waals surface area (Å²) in [5.74, 6) is 0.615. The molecule has 0 aliphatic heterocycles. The Hall–Kier alpha value is -1.67. The molecule has 110 valence electrons. The molecule has 5 nitrogen and oxygen atoms in total. The van der Waals surface area contributed by atoms with E-state index >= 15 is 0 Å². The van der Waals surface area contributed by atoms with E-state index in [1.54, 1.807) is 0 Å². The van der Waals surface area contributed by atoms with Crippen LogP contribution in [0.25, 0.3) is 0 Å². The fourth-order valence-corrected chi connectivity index (χ4v) is 2.29. The van der Waals surface area contributed by atoms with Crippen LogP contribution >= 0.6 is 0 Å². The van der Waals surface area contributed by atoms with Gasteiger partial charge < -0.3 is 10.0 Å². The topological polar surface area (TPSA) is 73.0 Å². The molecule has 1 aromatic rings. The third-order valence-electron chi connectivity index (χ3n) is 3.39. The standard InChI is InChI=1S/C15H24N4O/c1-4-7-8-19(9-10-20)15-13(11-16)12(5-2)14(6-3)17-18-15/h20H,4-10H2,1-3H3. The lowest BCUT2D eigenvalue weighted by Crippen LogP contribution is -2.30. The van der Waals surface area contributed by atoms with E-state index in [1.165, 1.54) is 0 Å². The maximum atomic E-state index is 9.49. The summed E-state index contributed by atoms with van der Waals surface area (Å²) in [6, 6.07) is 2.28. The number of rotatable bonds is 8. The third-order valence-corrected chi connectivity index (χ3v) is 3.39. The van der Waals surface area contributed by atoms with Gasteiger partial charge in [-0.1, -0.05) is 27.2 Å². The first-order chi connectivity index (χ1) is 9.73. The fraction of sp³-hybridized carbons (Fsp3) is 0.667. The number of hydrogen-bond donors (Lipinski definition) is 1. The zero-order valence-electron chi connectivity index (χ0n) is 12.7. The number of nitrogens with zero attached hydrogens (tertiary/aromatic N) is 4. The largest absolute Gasteiger partial charge is 0.395 e. The summed E-state index contributed by atoms with van der Waals surface area (Å²) in [4.78, 5) is 1.97. The van der Waals surface area contributed by atoms with Crippen molar-refractivity contribution in [2.75, 3.05) is 24.6 Å². The summed E-state index contributed by atoms with van der Waals surface area (Å²) >= 11 is 0. The highest BCUT2D eigenvalue weighted by molar-refractivity contribution is 5.58. The average Bonchev–Trinajstić information content (AvgIpc) is 2.49. The Morgan fingerprint density at radius 2 is 1.90 bits per heavy atom. The first kappa shape index (κ1) is 16.4. The van der Waals surface area contributed by atoms with Crippen LogP contribution in [0.15, 0.2) is 0 Å². The van der Waals surface area contributed by atoms with Crippen LogP contribution in [-0.2, 0) is 12.8 Å². The van der Waals surface area contributed by atoms with Gasteiger partial charge in [-0.25, -0.2) is 0 Å². The molecule has 0 spiro atoms. The highest BCUT2D eigenvalue weighted by Crippen LogP contribution is 2.23. The van der Waals surface area contributed by atoms with Gasteiger partial charge in [0.05, 0.1) is 12.3 Å². The molecule has 0 bridgehead atoms. The zero-order valence-corrected chi connectivity index (χ0v) is 12.7. The van der Waals surface area contributed by atoms with E-state index < -0.39 is 0 Å². The summed E-state index contributed by atoms with van der Waals surface area (Å²) in [5, 5.41) is 27.2. The molecule has 0 saturated heterocycles. The average molecular weight is 276 g/mol. The smallest absolute Gasteiger partial charge is 0.169 e. The lowest BCUT2D eigenvalue weighted by Gasteiger charge is -2.24. The maximum absolute atomic E-state index is 9.49. The monoisotopic (exact) mass is 276 g/mol. The van der Waals surface area contributed by atoms with Gasteiger partial charge in [0.1, 0.15) is 11.6 Å². The van der Waals surface area contributed by atoms with E-state index in [0.29, 0.717) is 17.9 Å². The molecule has 1 heterocycles. The van der Waals surface area contributed by atoms with Crippen LogP contribution in [0.4, 0.5) is 5.82 Å². The van der Waals surface area contributed by atoms with Gasteiger partial charge in [0.25, 0.3) is 0 Å². The Bertz CT molecular complexity index is 468. The van der Waals surface area contributed by atoms with Crippen molar-refractivity contribution in [1.82, 2.24) is 10.2 Å². The van der Waals surface area contributed by atoms with Crippen LogP contribution in [-0.4, -0.2) is 35.0 Å². The molecule has 0 saturated carbocycles. The molecule has 0 atom stereocenters. The molecule has 0 aromatic carbocycles. The van der Waals surface area contributed by atoms with Gasteiger partial charge in [-0.15, -0.1) is 5.10 Å². The molecule has 0 radical (unpaired) electrons. The molecular formula is C15H24N4O. The molecule has 1 aromatic heterocycles. The summed E-state index contributed by atoms with van der Waals surface area (Å²) < 4.78 is 0. The van der Waals surface area contributed by atoms with Gasteiger partial charge in [-0.2, -0.15) is 10.4 Å². The molecular weight excluding hydrogens is 252 g/mol. The van der Waals surface area contributed by atoms with Crippen molar-refractivity contribution in [2.24, 2.45) is 0 Å². The second-order valence-corrected chi connectivity index (χ2v) is 4.71. The van der Waals surface area contributed by atoms with Crippen molar-refractivity contribution in [1.29, 1.82) is 5.26 Å². The summed E-state index contributed by atoms with van der Waals surface area (Å²) in [6.07, 6.45) is 3.61. The van der Waals surface area contributed by atoms with Crippen molar-refractivity contribution in [3.63, 3.8) is 0 Å². The Balaban J connectivity index is 3.23.